The van der Waals surface area contributed by atoms with E-state index in [0.717, 1.165) is 34.1 Å². The van der Waals surface area contributed by atoms with E-state index in [2.05, 4.69) is 0 Å². The maximum Gasteiger partial charge on any atom is 0.134 e. The predicted octanol–water partition coefficient (Wildman–Crippen LogP) is 2.78. The summed E-state index contributed by atoms with van der Waals surface area (Å²) in [6.07, 6.45) is 4.84. The molecule has 3 rings (SSSR count). The molecule has 2 heteroatoms. The molecule has 0 atom stereocenters. The molecule has 2 aromatic carbocycles. The molecule has 1 aliphatic carbocycles. The molecule has 0 saturated carbocycles. The van der Waals surface area contributed by atoms with Gasteiger partial charge in [0.1, 0.15) is 12.4 Å². The van der Waals surface area contributed by atoms with E-state index in [0.29, 0.717) is 6.04 Å². The Kier molecular flexibility index (Phi) is 2.30. The lowest BCUT2D eigenvalue weighted by Crippen LogP contribution is -2.04. The number of ether oxygens (including phenoxy) is 1. The smallest absolute Gasteiger partial charge is 0.134 e. The third-order valence-electron chi connectivity index (χ3n) is 2.97. The van der Waals surface area contributed by atoms with Crippen molar-refractivity contribution in [3.63, 3.8) is 0 Å². The van der Waals surface area contributed by atoms with Gasteiger partial charge in [0.15, 0.2) is 0 Å². The zero-order valence-electron chi connectivity index (χ0n) is 10.4. The monoisotopic (exact) mass is 227 g/mol. The summed E-state index contributed by atoms with van der Waals surface area (Å²) in [5, 5.41) is 10.8. The van der Waals surface area contributed by atoms with Crippen LogP contribution < -0.4 is 4.74 Å². The molecule has 0 bridgehead atoms. The lowest BCUT2D eigenvalue weighted by atomic mass is 10.0. The van der Waals surface area contributed by atoms with Crippen molar-refractivity contribution in [2.75, 3.05) is 13.2 Å². The summed E-state index contributed by atoms with van der Waals surface area (Å²) in [4.78, 5) is 0. The van der Waals surface area contributed by atoms with E-state index in [1.54, 1.807) is 0 Å². The Bertz CT molecular complexity index is 632. The quantitative estimate of drug-likeness (QED) is 0.873. The van der Waals surface area contributed by atoms with Gasteiger partial charge in [-0.25, -0.2) is 0 Å². The number of aliphatic hydroxyl groups is 1. The Morgan fingerprint density at radius 1 is 1.35 bits per heavy atom. The molecule has 0 fully saturated rings. The maximum absolute atomic E-state index is 8.92. The lowest BCUT2D eigenvalue weighted by molar-refractivity contribution is 0.202. The average Bonchev–Trinajstić information content (AvgIpc) is 2.88. The van der Waals surface area contributed by atoms with Gasteiger partial charge >= 0.3 is 0 Å². The van der Waals surface area contributed by atoms with Crippen LogP contribution in [0.15, 0.2) is 36.4 Å². The highest BCUT2D eigenvalue weighted by molar-refractivity contribution is 5.94. The molecule has 0 aliphatic heterocycles. The van der Waals surface area contributed by atoms with Gasteiger partial charge in [-0.3, -0.25) is 0 Å². The van der Waals surface area contributed by atoms with Gasteiger partial charge in [-0.1, -0.05) is 36.4 Å². The second kappa shape index (κ2) is 4.22. The van der Waals surface area contributed by atoms with Crippen molar-refractivity contribution in [1.29, 1.82) is 0 Å². The Morgan fingerprint density at radius 2 is 2.24 bits per heavy atom. The van der Waals surface area contributed by atoms with E-state index < -0.39 is 0 Å². The van der Waals surface area contributed by atoms with Crippen molar-refractivity contribution in [2.45, 2.75) is 6.42 Å². The average molecular weight is 227 g/mol. The highest BCUT2D eigenvalue weighted by Crippen LogP contribution is 2.36. The number of benzene rings is 2. The van der Waals surface area contributed by atoms with Gasteiger partial charge in [0, 0.05) is 10.9 Å². The Labute approximate surface area is 102 Å². The Morgan fingerprint density at radius 3 is 3.12 bits per heavy atom. The molecule has 0 heterocycles. The van der Waals surface area contributed by atoms with Crippen LogP contribution in [0.3, 0.4) is 0 Å². The topological polar surface area (TPSA) is 29.5 Å². The molecule has 0 amide bonds. The number of hydrogen-bond acceptors (Lipinski definition) is 2. The summed E-state index contributed by atoms with van der Waals surface area (Å²) in [6, 6.07) is 8.38. The Balaban J connectivity index is 2.30. The number of rotatable bonds is 3. The third-order valence-corrected chi connectivity index (χ3v) is 2.97. The van der Waals surface area contributed by atoms with E-state index in [1.807, 2.05) is 36.4 Å². The van der Waals surface area contributed by atoms with Gasteiger partial charge in [0.05, 0.1) is 7.98 Å². The fourth-order valence-corrected chi connectivity index (χ4v) is 2.24. The minimum absolute atomic E-state index is 0.00452. The van der Waals surface area contributed by atoms with E-state index in [-0.39, 0.29) is 13.2 Å². The van der Waals surface area contributed by atoms with Crippen LogP contribution in [-0.2, 0) is 6.42 Å². The molecule has 17 heavy (non-hydrogen) atoms. The summed E-state index contributed by atoms with van der Waals surface area (Å²) in [5.41, 5.74) is 2.01. The van der Waals surface area contributed by atoms with Crippen LogP contribution >= 0.6 is 0 Å². The third kappa shape index (κ3) is 1.71. The molecule has 1 N–H and O–H groups in total. The van der Waals surface area contributed by atoms with Crippen LogP contribution in [0.2, 0.25) is 0 Å². The normalized spacial score (nSPS) is 13.8. The maximum atomic E-state index is 8.92. The molecule has 0 unspecified atom stereocenters. The zero-order valence-corrected chi connectivity index (χ0v) is 9.44. The first-order valence-corrected chi connectivity index (χ1v) is 5.77. The number of fused-ring (bicyclic) bond motifs is 2. The second-order valence-corrected chi connectivity index (χ2v) is 4.07. The second-order valence-electron chi connectivity index (χ2n) is 4.07. The number of allylic oxidation sites excluding steroid dienone is 1. The van der Waals surface area contributed by atoms with Gasteiger partial charge in [0.25, 0.3) is 0 Å². The SMILES string of the molecule is [2H]c1c2c(c(OCCO)c3ccccc13)C=CC2. The fraction of sp³-hybridized carbons (Fsp3) is 0.200. The highest BCUT2D eigenvalue weighted by atomic mass is 16.5. The predicted molar refractivity (Wildman–Crippen MR) is 69.3 cm³/mol. The number of hydrogen-bond donors (Lipinski definition) is 1. The van der Waals surface area contributed by atoms with E-state index in [4.69, 9.17) is 11.2 Å². The van der Waals surface area contributed by atoms with Crippen LogP contribution in [0, 0.1) is 0 Å². The van der Waals surface area contributed by atoms with Gasteiger partial charge in [-0.05, 0) is 23.4 Å². The van der Waals surface area contributed by atoms with Crippen molar-refractivity contribution in [3.05, 3.63) is 47.5 Å². The van der Waals surface area contributed by atoms with Gasteiger partial charge in [-0.2, -0.15) is 0 Å². The standard InChI is InChI=1S/C15H14O2/c16-8-9-17-15-13-6-2-1-4-11(13)10-12-5-3-7-14(12)15/h1-4,6-7,10,16H,5,8-9H2/i10D. The van der Waals surface area contributed by atoms with Gasteiger partial charge in [-0.15, -0.1) is 0 Å². The molecule has 1 aliphatic rings. The molecule has 0 aromatic heterocycles. The van der Waals surface area contributed by atoms with Crippen LogP contribution in [0.25, 0.3) is 16.8 Å². The molecule has 0 radical (unpaired) electrons. The van der Waals surface area contributed by atoms with Crippen molar-refractivity contribution >= 4 is 16.8 Å². The fourth-order valence-electron chi connectivity index (χ4n) is 2.24. The summed E-state index contributed by atoms with van der Waals surface area (Å²) < 4.78 is 13.9. The highest BCUT2D eigenvalue weighted by Gasteiger charge is 2.14. The molecule has 0 saturated heterocycles. The van der Waals surface area contributed by atoms with Crippen LogP contribution in [0.1, 0.15) is 12.5 Å². The van der Waals surface area contributed by atoms with Crippen molar-refractivity contribution < 1.29 is 11.2 Å². The summed E-state index contributed by atoms with van der Waals surface area (Å²) >= 11 is 0. The molecular formula is C15H14O2. The first kappa shape index (κ1) is 9.25. The minimum Gasteiger partial charge on any atom is -0.490 e. The van der Waals surface area contributed by atoms with Crippen LogP contribution in [0.4, 0.5) is 0 Å². The summed E-state index contributed by atoms with van der Waals surface area (Å²) in [7, 11) is 0. The molecular weight excluding hydrogens is 212 g/mol. The number of aliphatic hydroxyl groups excluding tert-OH is 1. The van der Waals surface area contributed by atoms with Crippen LogP contribution in [0.5, 0.6) is 5.75 Å². The van der Waals surface area contributed by atoms with E-state index >= 15 is 0 Å². The zero-order chi connectivity index (χ0) is 12.5. The minimum atomic E-state index is -0.00452. The molecule has 86 valence electrons. The lowest BCUT2D eigenvalue weighted by Gasteiger charge is -2.13. The Hall–Kier alpha value is -1.80. The summed E-state index contributed by atoms with van der Waals surface area (Å²) in [6.45, 7) is 0.275. The van der Waals surface area contributed by atoms with Crippen LogP contribution in [-0.4, -0.2) is 18.3 Å². The molecule has 2 nitrogen and oxygen atoms in total. The summed E-state index contributed by atoms with van der Waals surface area (Å²) in [5.74, 6) is 0.791. The van der Waals surface area contributed by atoms with Gasteiger partial charge < -0.3 is 9.84 Å². The molecule has 0 spiro atoms. The first-order valence-electron chi connectivity index (χ1n) is 6.27. The van der Waals surface area contributed by atoms with E-state index in [1.165, 1.54) is 0 Å². The largest absolute Gasteiger partial charge is 0.490 e. The van der Waals surface area contributed by atoms with Gasteiger partial charge in [0.2, 0.25) is 0 Å². The van der Waals surface area contributed by atoms with Crippen molar-refractivity contribution in [1.82, 2.24) is 0 Å². The van der Waals surface area contributed by atoms with Crippen molar-refractivity contribution in [3.8, 4) is 5.75 Å². The van der Waals surface area contributed by atoms with E-state index in [9.17, 15) is 0 Å². The molecule has 2 aromatic rings. The van der Waals surface area contributed by atoms with Crippen molar-refractivity contribution in [2.24, 2.45) is 0 Å². The first-order chi connectivity index (χ1) is 8.83.